The molecule has 0 aliphatic rings. The average molecular weight is 265 g/mol. The van der Waals surface area contributed by atoms with Gasteiger partial charge in [-0.1, -0.05) is 29.8 Å². The Labute approximate surface area is 110 Å². The molecule has 0 saturated heterocycles. The van der Waals surface area contributed by atoms with E-state index < -0.39 is 0 Å². The molecule has 18 heavy (non-hydrogen) atoms. The van der Waals surface area contributed by atoms with Crippen LogP contribution in [0.4, 0.5) is 0 Å². The van der Waals surface area contributed by atoms with Crippen molar-refractivity contribution in [3.8, 4) is 6.01 Å². The number of benzene rings is 1. The second kappa shape index (κ2) is 5.23. The first-order valence-corrected chi connectivity index (χ1v) is 5.85. The highest BCUT2D eigenvalue weighted by molar-refractivity contribution is 6.31. The van der Waals surface area contributed by atoms with Gasteiger partial charge in [0.15, 0.2) is 0 Å². The first-order valence-electron chi connectivity index (χ1n) is 5.47. The summed E-state index contributed by atoms with van der Waals surface area (Å²) in [5, 5.41) is 0.618. The fraction of sp³-hybridized carbons (Fsp3) is 0.231. The van der Waals surface area contributed by atoms with E-state index in [2.05, 4.69) is 4.98 Å². The monoisotopic (exact) mass is 264 g/mol. The van der Waals surface area contributed by atoms with Crippen molar-refractivity contribution in [3.63, 3.8) is 0 Å². The second-order valence-corrected chi connectivity index (χ2v) is 4.31. The molecular formula is C13H13ClN2O2. The first kappa shape index (κ1) is 12.6. The molecule has 0 radical (unpaired) electrons. The maximum Gasteiger partial charge on any atom is 0.299 e. The fourth-order valence-electron chi connectivity index (χ4n) is 1.69. The molecule has 0 aliphatic carbocycles. The third kappa shape index (κ3) is 2.54. The van der Waals surface area contributed by atoms with E-state index in [1.54, 1.807) is 13.0 Å². The van der Waals surface area contributed by atoms with Crippen molar-refractivity contribution < 1.29 is 4.74 Å². The van der Waals surface area contributed by atoms with Crippen molar-refractivity contribution >= 4 is 11.6 Å². The van der Waals surface area contributed by atoms with E-state index >= 15 is 0 Å². The highest BCUT2D eigenvalue weighted by atomic mass is 35.5. The molecule has 4 nitrogen and oxygen atoms in total. The minimum atomic E-state index is -0.153. The lowest BCUT2D eigenvalue weighted by Crippen LogP contribution is -2.23. The Morgan fingerprint density at radius 3 is 2.78 bits per heavy atom. The SMILES string of the molecule is COc1nc(C)cc(=O)n1Cc1ccccc1Cl. The molecule has 1 aromatic heterocycles. The number of aryl methyl sites for hydroxylation is 1. The summed E-state index contributed by atoms with van der Waals surface area (Å²) in [6.45, 7) is 2.10. The Balaban J connectivity index is 2.47. The minimum absolute atomic E-state index is 0.153. The lowest BCUT2D eigenvalue weighted by atomic mass is 10.2. The molecule has 94 valence electrons. The van der Waals surface area contributed by atoms with Gasteiger partial charge >= 0.3 is 0 Å². The zero-order chi connectivity index (χ0) is 13.1. The Kier molecular flexibility index (Phi) is 3.67. The quantitative estimate of drug-likeness (QED) is 0.854. The normalized spacial score (nSPS) is 10.4. The van der Waals surface area contributed by atoms with E-state index in [9.17, 15) is 4.79 Å². The molecule has 1 heterocycles. The van der Waals surface area contributed by atoms with Gasteiger partial charge in [-0.2, -0.15) is 0 Å². The van der Waals surface area contributed by atoms with Crippen LogP contribution < -0.4 is 10.3 Å². The van der Waals surface area contributed by atoms with Gasteiger partial charge in [0.2, 0.25) is 0 Å². The van der Waals surface area contributed by atoms with E-state index in [0.717, 1.165) is 5.56 Å². The molecule has 0 amide bonds. The summed E-state index contributed by atoms with van der Waals surface area (Å²) < 4.78 is 6.58. The van der Waals surface area contributed by atoms with Crippen molar-refractivity contribution in [3.05, 3.63) is 57.0 Å². The van der Waals surface area contributed by atoms with Gasteiger partial charge in [0.05, 0.1) is 13.7 Å². The zero-order valence-electron chi connectivity index (χ0n) is 10.2. The molecule has 5 heteroatoms. The van der Waals surface area contributed by atoms with Crippen molar-refractivity contribution in [1.82, 2.24) is 9.55 Å². The van der Waals surface area contributed by atoms with E-state index in [-0.39, 0.29) is 5.56 Å². The largest absolute Gasteiger partial charge is 0.468 e. The molecule has 0 spiro atoms. The smallest absolute Gasteiger partial charge is 0.299 e. The van der Waals surface area contributed by atoms with E-state index in [1.165, 1.54) is 17.7 Å². The van der Waals surface area contributed by atoms with Crippen LogP contribution in [0.1, 0.15) is 11.3 Å². The third-order valence-electron chi connectivity index (χ3n) is 2.57. The number of rotatable bonds is 3. The number of hydrogen-bond donors (Lipinski definition) is 0. The van der Waals surface area contributed by atoms with Gasteiger partial charge < -0.3 is 4.74 Å². The average Bonchev–Trinajstić information content (AvgIpc) is 2.34. The van der Waals surface area contributed by atoms with Gasteiger partial charge in [0, 0.05) is 16.8 Å². The Hall–Kier alpha value is -1.81. The van der Waals surface area contributed by atoms with Crippen molar-refractivity contribution in [2.45, 2.75) is 13.5 Å². The van der Waals surface area contributed by atoms with Crippen LogP contribution in [0.5, 0.6) is 6.01 Å². The highest BCUT2D eigenvalue weighted by Crippen LogP contribution is 2.17. The van der Waals surface area contributed by atoms with Gasteiger partial charge in [-0.3, -0.25) is 9.36 Å². The van der Waals surface area contributed by atoms with Crippen molar-refractivity contribution in [2.24, 2.45) is 0 Å². The number of hydrogen-bond acceptors (Lipinski definition) is 3. The fourth-order valence-corrected chi connectivity index (χ4v) is 1.89. The van der Waals surface area contributed by atoms with Crippen LogP contribution in [0.25, 0.3) is 0 Å². The summed E-state index contributed by atoms with van der Waals surface area (Å²) >= 11 is 6.08. The lowest BCUT2D eigenvalue weighted by molar-refractivity contribution is 0.350. The summed E-state index contributed by atoms with van der Waals surface area (Å²) in [4.78, 5) is 16.1. The molecule has 2 rings (SSSR count). The number of methoxy groups -OCH3 is 1. The molecule has 0 aliphatic heterocycles. The van der Waals surface area contributed by atoms with E-state index in [1.807, 2.05) is 18.2 Å². The molecule has 0 bridgehead atoms. The van der Waals surface area contributed by atoms with Crippen LogP contribution in [0.3, 0.4) is 0 Å². The van der Waals surface area contributed by atoms with Gasteiger partial charge in [0.1, 0.15) is 0 Å². The van der Waals surface area contributed by atoms with Gasteiger partial charge in [0.25, 0.3) is 11.6 Å². The summed E-state index contributed by atoms with van der Waals surface area (Å²) in [6.07, 6.45) is 0. The Morgan fingerprint density at radius 2 is 2.11 bits per heavy atom. The molecule has 0 fully saturated rings. The molecule has 0 unspecified atom stereocenters. The van der Waals surface area contributed by atoms with Crippen LogP contribution in [-0.4, -0.2) is 16.7 Å². The van der Waals surface area contributed by atoms with Crippen molar-refractivity contribution in [1.29, 1.82) is 0 Å². The number of ether oxygens (including phenoxy) is 1. The van der Waals surface area contributed by atoms with Crippen LogP contribution in [0, 0.1) is 6.92 Å². The van der Waals surface area contributed by atoms with Crippen LogP contribution in [-0.2, 0) is 6.54 Å². The maximum atomic E-state index is 11.9. The summed E-state index contributed by atoms with van der Waals surface area (Å²) in [5.74, 6) is 0. The van der Waals surface area contributed by atoms with Crippen LogP contribution in [0.2, 0.25) is 5.02 Å². The Morgan fingerprint density at radius 1 is 1.39 bits per heavy atom. The highest BCUT2D eigenvalue weighted by Gasteiger charge is 2.09. The van der Waals surface area contributed by atoms with Gasteiger partial charge in [-0.25, -0.2) is 4.98 Å². The summed E-state index contributed by atoms with van der Waals surface area (Å²) in [6, 6.07) is 9.14. The number of aromatic nitrogens is 2. The summed E-state index contributed by atoms with van der Waals surface area (Å²) in [5.41, 5.74) is 1.33. The third-order valence-corrected chi connectivity index (χ3v) is 2.94. The topological polar surface area (TPSA) is 44.1 Å². The Bertz CT molecular complexity index is 623. The first-order chi connectivity index (χ1) is 8.61. The van der Waals surface area contributed by atoms with E-state index in [0.29, 0.717) is 23.3 Å². The maximum absolute atomic E-state index is 11.9. The molecule has 2 aromatic rings. The van der Waals surface area contributed by atoms with E-state index in [4.69, 9.17) is 16.3 Å². The zero-order valence-corrected chi connectivity index (χ0v) is 10.9. The number of nitrogens with zero attached hydrogens (tertiary/aromatic N) is 2. The van der Waals surface area contributed by atoms with Crippen LogP contribution in [0.15, 0.2) is 35.1 Å². The molecule has 1 aromatic carbocycles. The minimum Gasteiger partial charge on any atom is -0.468 e. The predicted molar refractivity (Wildman–Crippen MR) is 70.3 cm³/mol. The molecule has 0 saturated carbocycles. The van der Waals surface area contributed by atoms with Crippen molar-refractivity contribution in [2.75, 3.05) is 7.11 Å². The van der Waals surface area contributed by atoms with Crippen LogP contribution >= 0.6 is 11.6 Å². The predicted octanol–water partition coefficient (Wildman–Crippen LogP) is 2.26. The molecular weight excluding hydrogens is 252 g/mol. The lowest BCUT2D eigenvalue weighted by Gasteiger charge is -2.11. The van der Waals surface area contributed by atoms with Gasteiger partial charge in [-0.15, -0.1) is 0 Å². The number of halogens is 1. The van der Waals surface area contributed by atoms with Gasteiger partial charge in [-0.05, 0) is 18.6 Å². The molecule has 0 atom stereocenters. The molecule has 0 N–H and O–H groups in total. The standard InChI is InChI=1S/C13H13ClN2O2/c1-9-7-12(17)16(13(15-9)18-2)8-10-5-3-4-6-11(10)14/h3-7H,8H2,1-2H3. The second-order valence-electron chi connectivity index (χ2n) is 3.90. The summed E-state index contributed by atoms with van der Waals surface area (Å²) in [7, 11) is 1.49.